The first-order valence-corrected chi connectivity index (χ1v) is 5.85. The summed E-state index contributed by atoms with van der Waals surface area (Å²) in [5.74, 6) is 0.215. The minimum Gasteiger partial charge on any atom is -0.326 e. The molecule has 0 aliphatic heterocycles. The molecule has 1 aliphatic rings. The van der Waals surface area contributed by atoms with Gasteiger partial charge in [-0.1, -0.05) is 23.8 Å². The lowest BCUT2D eigenvalue weighted by molar-refractivity contribution is -0.120. The van der Waals surface area contributed by atoms with E-state index in [0.29, 0.717) is 5.02 Å². The van der Waals surface area contributed by atoms with Crippen molar-refractivity contribution in [1.82, 2.24) is 0 Å². The van der Waals surface area contributed by atoms with Gasteiger partial charge >= 0.3 is 0 Å². The molecule has 1 atom stereocenters. The molecule has 2 rings (SSSR count). The Morgan fingerprint density at radius 2 is 2.00 bits per heavy atom. The number of amides is 1. The quantitative estimate of drug-likeness (QED) is 0.780. The zero-order chi connectivity index (χ0) is 11.4. The smallest absolute Gasteiger partial charge is 0.227 e. The summed E-state index contributed by atoms with van der Waals surface area (Å²) < 4.78 is 0. The fourth-order valence-electron chi connectivity index (χ4n) is 1.81. The number of rotatable bonds is 2. The molecular formula is C13H14ClNO. The average molecular weight is 236 g/mol. The summed E-state index contributed by atoms with van der Waals surface area (Å²) in [5.41, 5.74) is 0.809. The van der Waals surface area contributed by atoms with Gasteiger partial charge in [0, 0.05) is 16.6 Å². The van der Waals surface area contributed by atoms with E-state index in [-0.39, 0.29) is 11.8 Å². The first kappa shape index (κ1) is 11.2. The molecule has 84 valence electrons. The fraction of sp³-hybridized carbons (Fsp3) is 0.308. The molecule has 2 nitrogen and oxygen atoms in total. The maximum Gasteiger partial charge on any atom is 0.227 e. The molecular weight excluding hydrogens is 222 g/mol. The van der Waals surface area contributed by atoms with E-state index >= 15 is 0 Å². The summed E-state index contributed by atoms with van der Waals surface area (Å²) in [6, 6.07) is 7.19. The molecule has 0 bridgehead atoms. The van der Waals surface area contributed by atoms with Gasteiger partial charge in [-0.15, -0.1) is 0 Å². The molecule has 0 saturated heterocycles. The second-order valence-electron chi connectivity index (χ2n) is 3.98. The minimum absolute atomic E-state index is 0.103. The zero-order valence-electron chi connectivity index (χ0n) is 8.95. The van der Waals surface area contributed by atoms with Crippen LogP contribution in [0.2, 0.25) is 5.02 Å². The molecule has 0 radical (unpaired) electrons. The molecule has 3 heteroatoms. The van der Waals surface area contributed by atoms with E-state index in [1.807, 2.05) is 12.1 Å². The molecule has 0 aromatic heterocycles. The topological polar surface area (TPSA) is 29.1 Å². The number of carbonyl (C=O) groups excluding carboxylic acids is 1. The van der Waals surface area contributed by atoms with Crippen LogP contribution in [0.5, 0.6) is 0 Å². The third kappa shape index (κ3) is 2.86. The monoisotopic (exact) mass is 235 g/mol. The Balaban J connectivity index is 1.96. The van der Waals surface area contributed by atoms with Crippen LogP contribution in [0, 0.1) is 5.92 Å². The van der Waals surface area contributed by atoms with Crippen LogP contribution >= 0.6 is 11.6 Å². The largest absolute Gasteiger partial charge is 0.326 e. The number of halogens is 1. The van der Waals surface area contributed by atoms with Gasteiger partial charge in [0.1, 0.15) is 0 Å². The van der Waals surface area contributed by atoms with E-state index < -0.39 is 0 Å². The second kappa shape index (κ2) is 5.17. The molecule has 1 aliphatic carbocycles. The number of anilines is 1. The molecule has 1 aromatic rings. The third-order valence-corrected chi connectivity index (χ3v) is 3.00. The van der Waals surface area contributed by atoms with Gasteiger partial charge in [0.05, 0.1) is 0 Å². The van der Waals surface area contributed by atoms with Crippen LogP contribution in [0.25, 0.3) is 0 Å². The van der Waals surface area contributed by atoms with Crippen molar-refractivity contribution in [1.29, 1.82) is 0 Å². The molecule has 0 heterocycles. The molecule has 16 heavy (non-hydrogen) atoms. The van der Waals surface area contributed by atoms with Crippen LogP contribution in [-0.2, 0) is 4.79 Å². The van der Waals surface area contributed by atoms with Gasteiger partial charge in [-0.3, -0.25) is 4.79 Å². The zero-order valence-corrected chi connectivity index (χ0v) is 9.70. The van der Waals surface area contributed by atoms with E-state index in [0.717, 1.165) is 24.9 Å². The first-order valence-electron chi connectivity index (χ1n) is 5.47. The highest BCUT2D eigenvalue weighted by Gasteiger charge is 2.18. The molecule has 1 N–H and O–H groups in total. The lowest BCUT2D eigenvalue weighted by Gasteiger charge is -2.17. The summed E-state index contributed by atoms with van der Waals surface area (Å²) in [4.78, 5) is 11.9. The Kier molecular flexibility index (Phi) is 3.62. The maximum absolute atomic E-state index is 11.9. The minimum atomic E-state index is 0.103. The molecule has 0 fully saturated rings. The number of hydrogen-bond acceptors (Lipinski definition) is 1. The van der Waals surface area contributed by atoms with Crippen LogP contribution in [0.1, 0.15) is 19.3 Å². The SMILES string of the molecule is O=C(Nc1ccc(Cl)cc1)[C@@H]1CC=CCC1. The average Bonchev–Trinajstić information content (AvgIpc) is 2.33. The Labute approximate surface area is 100 Å². The molecule has 0 spiro atoms. The molecule has 0 unspecified atom stereocenters. The number of hydrogen-bond donors (Lipinski definition) is 1. The normalized spacial score (nSPS) is 19.4. The Bertz CT molecular complexity index is 397. The Morgan fingerprint density at radius 1 is 1.25 bits per heavy atom. The van der Waals surface area contributed by atoms with E-state index in [1.165, 1.54) is 0 Å². The van der Waals surface area contributed by atoms with Crippen molar-refractivity contribution in [3.63, 3.8) is 0 Å². The summed E-state index contributed by atoms with van der Waals surface area (Å²) in [6.07, 6.45) is 7.00. The highest BCUT2D eigenvalue weighted by atomic mass is 35.5. The summed E-state index contributed by atoms with van der Waals surface area (Å²) in [7, 11) is 0. The highest BCUT2D eigenvalue weighted by Crippen LogP contribution is 2.20. The predicted molar refractivity (Wildman–Crippen MR) is 66.6 cm³/mol. The standard InChI is InChI=1S/C13H14ClNO/c14-11-6-8-12(9-7-11)15-13(16)10-4-2-1-3-5-10/h1-2,6-10H,3-5H2,(H,15,16)/t10-/m1/s1. The number of nitrogens with one attached hydrogen (secondary N) is 1. The van der Waals surface area contributed by atoms with Crippen LogP contribution in [0.3, 0.4) is 0 Å². The molecule has 0 saturated carbocycles. The van der Waals surface area contributed by atoms with Gasteiger partial charge in [-0.05, 0) is 43.5 Å². The number of allylic oxidation sites excluding steroid dienone is 2. The Hall–Kier alpha value is -1.28. The van der Waals surface area contributed by atoms with Crippen molar-refractivity contribution in [2.45, 2.75) is 19.3 Å². The van der Waals surface area contributed by atoms with Crippen molar-refractivity contribution in [2.24, 2.45) is 5.92 Å². The van der Waals surface area contributed by atoms with E-state index in [9.17, 15) is 4.79 Å². The summed E-state index contributed by atoms with van der Waals surface area (Å²) >= 11 is 5.78. The predicted octanol–water partition coefficient (Wildman–Crippen LogP) is 3.63. The van der Waals surface area contributed by atoms with Gasteiger partial charge in [-0.25, -0.2) is 0 Å². The van der Waals surface area contributed by atoms with Crippen LogP contribution in [-0.4, -0.2) is 5.91 Å². The maximum atomic E-state index is 11.9. The van der Waals surface area contributed by atoms with E-state index in [2.05, 4.69) is 17.5 Å². The van der Waals surface area contributed by atoms with Crippen LogP contribution in [0.15, 0.2) is 36.4 Å². The lowest BCUT2D eigenvalue weighted by atomic mass is 9.93. The van der Waals surface area contributed by atoms with Gasteiger partial charge in [-0.2, -0.15) is 0 Å². The van der Waals surface area contributed by atoms with Gasteiger partial charge in [0.25, 0.3) is 0 Å². The van der Waals surface area contributed by atoms with E-state index in [1.54, 1.807) is 12.1 Å². The first-order chi connectivity index (χ1) is 7.75. The van der Waals surface area contributed by atoms with Crippen molar-refractivity contribution >= 4 is 23.2 Å². The summed E-state index contributed by atoms with van der Waals surface area (Å²) in [5, 5.41) is 3.59. The third-order valence-electron chi connectivity index (χ3n) is 2.75. The van der Waals surface area contributed by atoms with Crippen LogP contribution < -0.4 is 5.32 Å². The summed E-state index contributed by atoms with van der Waals surface area (Å²) in [6.45, 7) is 0. The Morgan fingerprint density at radius 3 is 2.62 bits per heavy atom. The number of carbonyl (C=O) groups is 1. The van der Waals surface area contributed by atoms with Gasteiger partial charge < -0.3 is 5.32 Å². The fourth-order valence-corrected chi connectivity index (χ4v) is 1.94. The van der Waals surface area contributed by atoms with Gasteiger partial charge in [0.15, 0.2) is 0 Å². The van der Waals surface area contributed by atoms with Crippen molar-refractivity contribution < 1.29 is 4.79 Å². The lowest BCUT2D eigenvalue weighted by Crippen LogP contribution is -2.23. The van der Waals surface area contributed by atoms with Crippen molar-refractivity contribution in [3.8, 4) is 0 Å². The molecule has 1 amide bonds. The van der Waals surface area contributed by atoms with E-state index in [4.69, 9.17) is 11.6 Å². The number of benzene rings is 1. The van der Waals surface area contributed by atoms with Gasteiger partial charge in [0.2, 0.25) is 5.91 Å². The second-order valence-corrected chi connectivity index (χ2v) is 4.41. The van der Waals surface area contributed by atoms with Crippen LogP contribution in [0.4, 0.5) is 5.69 Å². The van der Waals surface area contributed by atoms with Crippen molar-refractivity contribution in [2.75, 3.05) is 5.32 Å². The van der Waals surface area contributed by atoms with Crippen molar-refractivity contribution in [3.05, 3.63) is 41.4 Å². The highest BCUT2D eigenvalue weighted by molar-refractivity contribution is 6.30. The molecule has 1 aromatic carbocycles.